The first kappa shape index (κ1) is 14.1. The molecule has 1 fully saturated rings. The van der Waals surface area contributed by atoms with Crippen LogP contribution in [-0.2, 0) is 9.84 Å². The van der Waals surface area contributed by atoms with Crippen LogP contribution in [0.1, 0.15) is 0 Å². The fourth-order valence-electron chi connectivity index (χ4n) is 2.44. The Morgan fingerprint density at radius 1 is 0.905 bits per heavy atom. The van der Waals surface area contributed by atoms with Gasteiger partial charge in [0.15, 0.2) is 9.84 Å². The lowest BCUT2D eigenvalue weighted by molar-refractivity contribution is 0.0738. The molecule has 3 rings (SSSR count). The second-order valence-electron chi connectivity index (χ2n) is 5.19. The summed E-state index contributed by atoms with van der Waals surface area (Å²) in [6.07, 6.45) is -1.64. The molecule has 1 heterocycles. The molecule has 2 aromatic rings. The maximum absolute atomic E-state index is 11.4. The molecule has 0 aliphatic carbocycles. The van der Waals surface area contributed by atoms with Gasteiger partial charge in [-0.15, -0.1) is 0 Å². The monoisotopic (exact) mass is 304 g/mol. The molecule has 0 bridgehead atoms. The maximum atomic E-state index is 11.4. The first-order valence-corrected chi connectivity index (χ1v) is 8.56. The van der Waals surface area contributed by atoms with Gasteiger partial charge in [-0.1, -0.05) is 42.5 Å². The largest absolute Gasteiger partial charge is 0.487 e. The highest BCUT2D eigenvalue weighted by Gasteiger charge is 2.38. The van der Waals surface area contributed by atoms with Crippen LogP contribution in [0, 0.1) is 0 Å². The van der Waals surface area contributed by atoms with Crippen molar-refractivity contribution in [3.63, 3.8) is 0 Å². The van der Waals surface area contributed by atoms with Crippen LogP contribution in [0.15, 0.2) is 54.6 Å². The van der Waals surface area contributed by atoms with Crippen molar-refractivity contribution in [1.82, 2.24) is 0 Å². The Morgan fingerprint density at radius 2 is 1.52 bits per heavy atom. The topological polar surface area (TPSA) is 63.6 Å². The Hall–Kier alpha value is -1.85. The van der Waals surface area contributed by atoms with Crippen molar-refractivity contribution in [2.75, 3.05) is 11.5 Å². The Bertz CT molecular complexity index is 708. The van der Waals surface area contributed by atoms with E-state index in [2.05, 4.69) is 0 Å². The molecule has 1 saturated heterocycles. The van der Waals surface area contributed by atoms with E-state index in [1.54, 1.807) is 12.1 Å². The zero-order valence-electron chi connectivity index (χ0n) is 11.3. The highest BCUT2D eigenvalue weighted by molar-refractivity contribution is 7.91. The van der Waals surface area contributed by atoms with Crippen molar-refractivity contribution >= 4 is 9.84 Å². The van der Waals surface area contributed by atoms with Crippen molar-refractivity contribution < 1.29 is 18.3 Å². The number of aliphatic hydroxyl groups excluding tert-OH is 1. The van der Waals surface area contributed by atoms with Gasteiger partial charge in [0.1, 0.15) is 18.0 Å². The molecule has 0 radical (unpaired) electrons. The summed E-state index contributed by atoms with van der Waals surface area (Å²) in [4.78, 5) is 0. The second kappa shape index (κ2) is 5.50. The molecule has 0 aromatic heterocycles. The third-order valence-electron chi connectivity index (χ3n) is 3.52. The minimum atomic E-state index is -3.19. The standard InChI is InChI=1S/C16H16O4S/c17-15-10-21(18,19)11-16(15)20-14-8-6-13(7-9-14)12-4-2-1-3-5-12/h1-9,15-17H,10-11H2. The predicted octanol–water partition coefficient (Wildman–Crippen LogP) is 1.89. The molecule has 1 aliphatic heterocycles. The molecule has 2 unspecified atom stereocenters. The molecular weight excluding hydrogens is 288 g/mol. The van der Waals surface area contributed by atoms with Crippen LogP contribution in [0.2, 0.25) is 0 Å². The summed E-state index contributed by atoms with van der Waals surface area (Å²) in [5, 5.41) is 9.71. The smallest absolute Gasteiger partial charge is 0.156 e. The van der Waals surface area contributed by atoms with E-state index >= 15 is 0 Å². The van der Waals surface area contributed by atoms with Crippen LogP contribution in [0.3, 0.4) is 0 Å². The average Bonchev–Trinajstić information content (AvgIpc) is 2.73. The van der Waals surface area contributed by atoms with Crippen LogP contribution in [0.4, 0.5) is 0 Å². The minimum absolute atomic E-state index is 0.130. The molecule has 2 aromatic carbocycles. The van der Waals surface area contributed by atoms with Gasteiger partial charge < -0.3 is 9.84 Å². The van der Waals surface area contributed by atoms with E-state index in [9.17, 15) is 13.5 Å². The van der Waals surface area contributed by atoms with Gasteiger partial charge in [-0.25, -0.2) is 8.42 Å². The summed E-state index contributed by atoms with van der Waals surface area (Å²) in [5.41, 5.74) is 2.16. The summed E-state index contributed by atoms with van der Waals surface area (Å²) in [6, 6.07) is 17.4. The molecule has 4 nitrogen and oxygen atoms in total. The number of benzene rings is 2. The molecule has 110 valence electrons. The van der Waals surface area contributed by atoms with E-state index in [0.717, 1.165) is 11.1 Å². The molecule has 2 atom stereocenters. The van der Waals surface area contributed by atoms with Gasteiger partial charge in [-0.3, -0.25) is 0 Å². The lowest BCUT2D eigenvalue weighted by Crippen LogP contribution is -2.29. The first-order valence-electron chi connectivity index (χ1n) is 6.74. The highest BCUT2D eigenvalue weighted by Crippen LogP contribution is 2.24. The number of hydrogen-bond acceptors (Lipinski definition) is 4. The Balaban J connectivity index is 1.74. The van der Waals surface area contributed by atoms with Crippen molar-refractivity contribution in [2.24, 2.45) is 0 Å². The lowest BCUT2D eigenvalue weighted by Gasteiger charge is -2.15. The Kier molecular flexibility index (Phi) is 3.69. The van der Waals surface area contributed by atoms with E-state index in [4.69, 9.17) is 4.74 Å². The first-order chi connectivity index (χ1) is 10.0. The van der Waals surface area contributed by atoms with Gasteiger partial charge >= 0.3 is 0 Å². The summed E-state index contributed by atoms with van der Waals surface area (Å²) in [6.45, 7) is 0. The Labute approximate surface area is 123 Å². The summed E-state index contributed by atoms with van der Waals surface area (Å²) >= 11 is 0. The fraction of sp³-hybridized carbons (Fsp3) is 0.250. The molecule has 5 heteroatoms. The maximum Gasteiger partial charge on any atom is 0.156 e. The fourth-order valence-corrected chi connectivity index (χ4v) is 4.10. The molecular formula is C16H16O4S. The van der Waals surface area contributed by atoms with E-state index in [0.29, 0.717) is 5.75 Å². The highest BCUT2D eigenvalue weighted by atomic mass is 32.2. The second-order valence-corrected chi connectivity index (χ2v) is 7.34. The van der Waals surface area contributed by atoms with Crippen LogP contribution in [-0.4, -0.2) is 37.2 Å². The number of rotatable bonds is 3. The van der Waals surface area contributed by atoms with Gasteiger partial charge in [0.25, 0.3) is 0 Å². The van der Waals surface area contributed by atoms with Crippen LogP contribution in [0.5, 0.6) is 5.75 Å². The minimum Gasteiger partial charge on any atom is -0.487 e. The van der Waals surface area contributed by atoms with Gasteiger partial charge in [-0.05, 0) is 23.3 Å². The van der Waals surface area contributed by atoms with Crippen LogP contribution >= 0.6 is 0 Å². The molecule has 21 heavy (non-hydrogen) atoms. The lowest BCUT2D eigenvalue weighted by atomic mass is 10.1. The van der Waals surface area contributed by atoms with Gasteiger partial charge in [0.2, 0.25) is 0 Å². The molecule has 1 aliphatic rings. The van der Waals surface area contributed by atoms with E-state index < -0.39 is 22.0 Å². The number of aliphatic hydroxyl groups is 1. The quantitative estimate of drug-likeness (QED) is 0.940. The van der Waals surface area contributed by atoms with Crippen molar-refractivity contribution in [3.8, 4) is 16.9 Å². The van der Waals surface area contributed by atoms with E-state index in [1.165, 1.54) is 0 Å². The van der Waals surface area contributed by atoms with E-state index in [-0.39, 0.29) is 11.5 Å². The zero-order valence-corrected chi connectivity index (χ0v) is 12.2. The molecule has 0 saturated carbocycles. The number of ether oxygens (including phenoxy) is 1. The normalized spacial score (nSPS) is 23.9. The molecule has 0 amide bonds. The average molecular weight is 304 g/mol. The molecule has 0 spiro atoms. The number of hydrogen-bond donors (Lipinski definition) is 1. The van der Waals surface area contributed by atoms with Gasteiger partial charge in [0.05, 0.1) is 11.5 Å². The van der Waals surface area contributed by atoms with Crippen LogP contribution < -0.4 is 4.74 Å². The van der Waals surface area contributed by atoms with Crippen LogP contribution in [0.25, 0.3) is 11.1 Å². The summed E-state index contributed by atoms with van der Waals surface area (Å²) in [5.74, 6) is 0.213. The predicted molar refractivity (Wildman–Crippen MR) is 81.0 cm³/mol. The van der Waals surface area contributed by atoms with Crippen molar-refractivity contribution in [3.05, 3.63) is 54.6 Å². The number of sulfone groups is 1. The Morgan fingerprint density at radius 3 is 2.10 bits per heavy atom. The third kappa shape index (κ3) is 3.25. The molecule has 1 N–H and O–H groups in total. The van der Waals surface area contributed by atoms with Crippen molar-refractivity contribution in [1.29, 1.82) is 0 Å². The van der Waals surface area contributed by atoms with E-state index in [1.807, 2.05) is 42.5 Å². The summed E-state index contributed by atoms with van der Waals surface area (Å²) < 4.78 is 28.5. The van der Waals surface area contributed by atoms with Gasteiger partial charge in [-0.2, -0.15) is 0 Å². The van der Waals surface area contributed by atoms with Crippen molar-refractivity contribution in [2.45, 2.75) is 12.2 Å². The summed E-state index contributed by atoms with van der Waals surface area (Å²) in [7, 11) is -3.19. The zero-order chi connectivity index (χ0) is 14.9. The SMILES string of the molecule is O=S1(=O)CC(O)C(Oc2ccc(-c3ccccc3)cc2)C1. The third-order valence-corrected chi connectivity index (χ3v) is 5.21. The van der Waals surface area contributed by atoms with Gasteiger partial charge in [0, 0.05) is 0 Å².